The Morgan fingerprint density at radius 1 is 1.00 bits per heavy atom. The van der Waals surface area contributed by atoms with E-state index in [1.54, 1.807) is 0 Å². The van der Waals surface area contributed by atoms with Crippen molar-refractivity contribution in [1.82, 2.24) is 0 Å². The highest BCUT2D eigenvalue weighted by molar-refractivity contribution is 5.60. The molecule has 0 aliphatic carbocycles. The van der Waals surface area contributed by atoms with Crippen molar-refractivity contribution in [3.63, 3.8) is 0 Å². The summed E-state index contributed by atoms with van der Waals surface area (Å²) in [5.74, 6) is 1.21. The Labute approximate surface area is 136 Å². The van der Waals surface area contributed by atoms with Crippen molar-refractivity contribution in [2.75, 3.05) is 6.61 Å². The number of rotatable bonds is 10. The summed E-state index contributed by atoms with van der Waals surface area (Å²) in [6.45, 7) is 12.9. The van der Waals surface area contributed by atoms with Gasteiger partial charge in [0.25, 0.3) is 0 Å². The smallest absolute Gasteiger partial charge is 0.430 e. The van der Waals surface area contributed by atoms with Gasteiger partial charge in [0, 0.05) is 0 Å². The Morgan fingerprint density at radius 2 is 1.64 bits per heavy atom. The molecule has 1 unspecified atom stereocenters. The number of carbonyl (C=O) groups excluding carboxylic acids is 1. The molecule has 0 aromatic rings. The van der Waals surface area contributed by atoms with Crippen LogP contribution in [0.25, 0.3) is 0 Å². The summed E-state index contributed by atoms with van der Waals surface area (Å²) in [4.78, 5) is 11.6. The quantitative estimate of drug-likeness (QED) is 0.380. The standard InChI is InChI=1S/C19H34O3/c1-7-12-17(6)13-10-8-9-11-14-21-19(20)22-18(15(2)3)16(4)5/h9-11,13,15-18H,7-8,12,14H2,1-6H3/b11-9-,13-10-. The largest absolute Gasteiger partial charge is 0.508 e. The first-order chi connectivity index (χ1) is 10.4. The molecule has 0 aromatic heterocycles. The van der Waals surface area contributed by atoms with Gasteiger partial charge in [-0.05, 0) is 30.6 Å². The summed E-state index contributed by atoms with van der Waals surface area (Å²) >= 11 is 0. The van der Waals surface area contributed by atoms with E-state index >= 15 is 0 Å². The lowest BCUT2D eigenvalue weighted by Gasteiger charge is -2.24. The molecule has 0 aromatic carbocycles. The molecule has 128 valence electrons. The molecule has 0 spiro atoms. The van der Waals surface area contributed by atoms with Crippen LogP contribution in [-0.2, 0) is 9.47 Å². The molecule has 0 aliphatic heterocycles. The van der Waals surface area contributed by atoms with Crippen LogP contribution < -0.4 is 0 Å². The molecular weight excluding hydrogens is 276 g/mol. The Bertz CT molecular complexity index is 335. The summed E-state index contributed by atoms with van der Waals surface area (Å²) < 4.78 is 10.4. The fourth-order valence-electron chi connectivity index (χ4n) is 2.41. The van der Waals surface area contributed by atoms with Gasteiger partial charge in [-0.1, -0.05) is 72.3 Å². The zero-order chi connectivity index (χ0) is 17.0. The van der Waals surface area contributed by atoms with Gasteiger partial charge in [0.05, 0.1) is 0 Å². The molecule has 0 amide bonds. The lowest BCUT2D eigenvalue weighted by atomic mass is 9.96. The Kier molecular flexibility index (Phi) is 11.6. The van der Waals surface area contributed by atoms with E-state index in [0.29, 0.717) is 17.8 Å². The van der Waals surface area contributed by atoms with E-state index in [4.69, 9.17) is 9.47 Å². The fourth-order valence-corrected chi connectivity index (χ4v) is 2.41. The van der Waals surface area contributed by atoms with Gasteiger partial charge >= 0.3 is 6.16 Å². The number of ether oxygens (including phenoxy) is 2. The van der Waals surface area contributed by atoms with Crippen molar-refractivity contribution in [2.45, 2.75) is 66.9 Å². The third kappa shape index (κ3) is 10.5. The second kappa shape index (κ2) is 12.3. The van der Waals surface area contributed by atoms with Gasteiger partial charge in [0.1, 0.15) is 12.7 Å². The number of hydrogen-bond donors (Lipinski definition) is 0. The molecule has 22 heavy (non-hydrogen) atoms. The molecule has 0 heterocycles. The highest BCUT2D eigenvalue weighted by atomic mass is 16.7. The molecular formula is C19H34O3. The molecule has 0 rings (SSSR count). The predicted octanol–water partition coefficient (Wildman–Crippen LogP) is 5.76. The maximum atomic E-state index is 11.6. The van der Waals surface area contributed by atoms with Crippen LogP contribution in [0.1, 0.15) is 60.8 Å². The van der Waals surface area contributed by atoms with E-state index in [-0.39, 0.29) is 12.7 Å². The molecule has 0 saturated heterocycles. The molecule has 3 heteroatoms. The molecule has 0 fully saturated rings. The number of carbonyl (C=O) groups is 1. The van der Waals surface area contributed by atoms with Gasteiger partial charge < -0.3 is 9.47 Å². The van der Waals surface area contributed by atoms with Crippen LogP contribution in [0.4, 0.5) is 4.79 Å². The third-order valence-electron chi connectivity index (χ3n) is 3.49. The van der Waals surface area contributed by atoms with Crippen molar-refractivity contribution >= 4 is 6.16 Å². The van der Waals surface area contributed by atoms with Crippen molar-refractivity contribution in [1.29, 1.82) is 0 Å². The highest BCUT2D eigenvalue weighted by Crippen LogP contribution is 2.16. The van der Waals surface area contributed by atoms with Crippen molar-refractivity contribution in [2.24, 2.45) is 17.8 Å². The summed E-state index contributed by atoms with van der Waals surface area (Å²) in [5.41, 5.74) is 0. The van der Waals surface area contributed by atoms with Gasteiger partial charge in [0.15, 0.2) is 0 Å². The van der Waals surface area contributed by atoms with Gasteiger partial charge in [0.2, 0.25) is 0 Å². The second-order valence-electron chi connectivity index (χ2n) is 6.53. The highest BCUT2D eigenvalue weighted by Gasteiger charge is 2.22. The van der Waals surface area contributed by atoms with Crippen LogP contribution in [0.15, 0.2) is 24.3 Å². The van der Waals surface area contributed by atoms with Crippen molar-refractivity contribution in [3.05, 3.63) is 24.3 Å². The Morgan fingerprint density at radius 3 is 2.18 bits per heavy atom. The van der Waals surface area contributed by atoms with E-state index < -0.39 is 6.16 Å². The van der Waals surface area contributed by atoms with Crippen LogP contribution in [0.3, 0.4) is 0 Å². The van der Waals surface area contributed by atoms with E-state index in [1.807, 2.05) is 39.8 Å². The molecule has 1 atom stereocenters. The minimum absolute atomic E-state index is 0.0977. The van der Waals surface area contributed by atoms with Crippen LogP contribution in [0.5, 0.6) is 0 Å². The van der Waals surface area contributed by atoms with Gasteiger partial charge in [-0.2, -0.15) is 0 Å². The summed E-state index contributed by atoms with van der Waals surface area (Å²) in [5, 5.41) is 0. The Hall–Kier alpha value is -1.25. The number of hydrogen-bond acceptors (Lipinski definition) is 3. The lowest BCUT2D eigenvalue weighted by Crippen LogP contribution is -2.29. The summed E-state index contributed by atoms with van der Waals surface area (Å²) in [7, 11) is 0. The molecule has 3 nitrogen and oxygen atoms in total. The van der Waals surface area contributed by atoms with Crippen LogP contribution in [0, 0.1) is 17.8 Å². The van der Waals surface area contributed by atoms with E-state index in [2.05, 4.69) is 26.0 Å². The lowest BCUT2D eigenvalue weighted by molar-refractivity contribution is -0.00626. The minimum atomic E-state index is -0.579. The van der Waals surface area contributed by atoms with Crippen molar-refractivity contribution < 1.29 is 14.3 Å². The summed E-state index contributed by atoms with van der Waals surface area (Å²) in [6, 6.07) is 0. The Balaban J connectivity index is 3.90. The topological polar surface area (TPSA) is 35.5 Å². The monoisotopic (exact) mass is 310 g/mol. The first kappa shape index (κ1) is 20.8. The van der Waals surface area contributed by atoms with E-state index in [1.165, 1.54) is 12.8 Å². The number of allylic oxidation sites excluding steroid dienone is 3. The van der Waals surface area contributed by atoms with Crippen molar-refractivity contribution in [3.8, 4) is 0 Å². The zero-order valence-electron chi connectivity index (χ0n) is 15.2. The van der Waals surface area contributed by atoms with Crippen LogP contribution >= 0.6 is 0 Å². The average Bonchev–Trinajstić information content (AvgIpc) is 2.43. The molecule has 0 saturated carbocycles. The third-order valence-corrected chi connectivity index (χ3v) is 3.49. The second-order valence-corrected chi connectivity index (χ2v) is 6.53. The first-order valence-corrected chi connectivity index (χ1v) is 8.53. The van der Waals surface area contributed by atoms with Crippen LogP contribution in [-0.4, -0.2) is 18.9 Å². The summed E-state index contributed by atoms with van der Waals surface area (Å²) in [6.07, 6.45) is 10.9. The molecule has 0 bridgehead atoms. The van der Waals surface area contributed by atoms with E-state index in [9.17, 15) is 4.79 Å². The van der Waals surface area contributed by atoms with E-state index in [0.717, 1.165) is 6.42 Å². The average molecular weight is 310 g/mol. The zero-order valence-corrected chi connectivity index (χ0v) is 15.2. The maximum Gasteiger partial charge on any atom is 0.508 e. The van der Waals surface area contributed by atoms with Gasteiger partial charge in [-0.15, -0.1) is 0 Å². The van der Waals surface area contributed by atoms with Crippen LogP contribution in [0.2, 0.25) is 0 Å². The van der Waals surface area contributed by atoms with Gasteiger partial charge in [-0.3, -0.25) is 0 Å². The molecule has 0 aliphatic rings. The van der Waals surface area contributed by atoms with Gasteiger partial charge in [-0.25, -0.2) is 4.79 Å². The predicted molar refractivity (Wildman–Crippen MR) is 92.9 cm³/mol. The normalized spacial score (nSPS) is 13.7. The minimum Gasteiger partial charge on any atom is -0.430 e. The fraction of sp³-hybridized carbons (Fsp3) is 0.737. The molecule has 0 N–H and O–H groups in total. The SMILES string of the molecule is CCCC(C)/C=C\C/C=C\COC(=O)OC(C(C)C)C(C)C. The maximum absolute atomic E-state index is 11.6. The molecule has 0 radical (unpaired) electrons. The first-order valence-electron chi connectivity index (χ1n) is 8.53.